The Bertz CT molecular complexity index is 620. The van der Waals surface area contributed by atoms with Crippen molar-refractivity contribution in [1.82, 2.24) is 15.1 Å². The highest BCUT2D eigenvalue weighted by Crippen LogP contribution is 2.43. The van der Waals surface area contributed by atoms with Crippen LogP contribution in [0, 0.1) is 11.3 Å². The lowest BCUT2D eigenvalue weighted by Crippen LogP contribution is -2.48. The maximum Gasteiger partial charge on any atom is 0.317 e. The van der Waals surface area contributed by atoms with E-state index in [1.165, 1.54) is 0 Å². The fourth-order valence-electron chi connectivity index (χ4n) is 4.13. The third-order valence-electron chi connectivity index (χ3n) is 5.31. The summed E-state index contributed by atoms with van der Waals surface area (Å²) in [5.74, 6) is 0.547. The first kappa shape index (κ1) is 16.5. The molecule has 0 aliphatic carbocycles. The van der Waals surface area contributed by atoms with Crippen LogP contribution in [0.3, 0.4) is 0 Å². The van der Waals surface area contributed by atoms with E-state index in [0.29, 0.717) is 26.1 Å². The number of hydrogen-bond donors (Lipinski definition) is 1. The maximum absolute atomic E-state index is 12.4. The molecule has 0 radical (unpaired) electrons. The second kappa shape index (κ2) is 5.65. The minimum absolute atomic E-state index is 0.0358. The second-order valence-electron chi connectivity index (χ2n) is 7.58. The van der Waals surface area contributed by atoms with E-state index in [1.807, 2.05) is 13.8 Å². The van der Waals surface area contributed by atoms with Crippen molar-refractivity contribution in [2.24, 2.45) is 11.3 Å². The number of hydrogen-bond acceptors (Lipinski definition) is 4. The normalized spacial score (nSPS) is 33.8. The maximum atomic E-state index is 12.4. The Balaban J connectivity index is 1.53. The summed E-state index contributed by atoms with van der Waals surface area (Å²) in [6.07, 6.45) is 1.49. The predicted molar refractivity (Wildman–Crippen MR) is 85.6 cm³/mol. The molecule has 8 heteroatoms. The van der Waals surface area contributed by atoms with Gasteiger partial charge in [-0.05, 0) is 19.3 Å². The van der Waals surface area contributed by atoms with Crippen LogP contribution in [0.5, 0.6) is 0 Å². The molecule has 3 aliphatic heterocycles. The standard InChI is InChI=1S/C15H25N3O4S/c1-11(6-17-5-3-4-13(17)19)16-14(20)18-7-12-8-23(21,22)10-15(12,2)9-18/h11-12H,3-10H2,1-2H3,(H,16,20)/t11?,12-,15+/m1/s1. The van der Waals surface area contributed by atoms with Gasteiger partial charge in [-0.15, -0.1) is 0 Å². The number of fused-ring (bicyclic) bond motifs is 1. The largest absolute Gasteiger partial charge is 0.341 e. The van der Waals surface area contributed by atoms with Gasteiger partial charge in [-0.25, -0.2) is 13.2 Å². The first-order chi connectivity index (χ1) is 10.7. The van der Waals surface area contributed by atoms with E-state index >= 15 is 0 Å². The van der Waals surface area contributed by atoms with Crippen LogP contribution >= 0.6 is 0 Å². The van der Waals surface area contributed by atoms with E-state index in [0.717, 1.165) is 13.0 Å². The lowest BCUT2D eigenvalue weighted by Gasteiger charge is -2.26. The Labute approximate surface area is 137 Å². The third-order valence-corrected chi connectivity index (χ3v) is 7.32. The number of nitrogens with one attached hydrogen (secondary N) is 1. The van der Waals surface area contributed by atoms with Crippen molar-refractivity contribution in [1.29, 1.82) is 0 Å². The smallest absolute Gasteiger partial charge is 0.317 e. The van der Waals surface area contributed by atoms with E-state index in [2.05, 4.69) is 5.32 Å². The zero-order valence-corrected chi connectivity index (χ0v) is 14.6. The molecule has 23 heavy (non-hydrogen) atoms. The van der Waals surface area contributed by atoms with Crippen LogP contribution in [0.4, 0.5) is 4.79 Å². The molecule has 0 spiro atoms. The number of amides is 3. The van der Waals surface area contributed by atoms with Crippen molar-refractivity contribution in [3.05, 3.63) is 0 Å². The van der Waals surface area contributed by atoms with Crippen LogP contribution in [0.1, 0.15) is 26.7 Å². The second-order valence-corrected chi connectivity index (χ2v) is 9.69. The summed E-state index contributed by atoms with van der Waals surface area (Å²) < 4.78 is 23.5. The number of carbonyl (C=O) groups is 2. The zero-order chi connectivity index (χ0) is 16.8. The Morgan fingerprint density at radius 3 is 2.83 bits per heavy atom. The van der Waals surface area contributed by atoms with E-state index in [1.54, 1.807) is 9.80 Å². The highest BCUT2D eigenvalue weighted by molar-refractivity contribution is 7.91. The Morgan fingerprint density at radius 1 is 1.48 bits per heavy atom. The van der Waals surface area contributed by atoms with Crippen LogP contribution < -0.4 is 5.32 Å². The van der Waals surface area contributed by atoms with Gasteiger partial charge in [0.2, 0.25) is 5.91 Å². The fourth-order valence-corrected chi connectivity index (χ4v) is 6.70. The minimum atomic E-state index is -2.96. The van der Waals surface area contributed by atoms with Gasteiger partial charge in [-0.1, -0.05) is 6.92 Å². The molecule has 3 aliphatic rings. The van der Waals surface area contributed by atoms with E-state index in [-0.39, 0.29) is 40.8 Å². The average molecular weight is 343 g/mol. The van der Waals surface area contributed by atoms with Crippen molar-refractivity contribution in [2.75, 3.05) is 37.7 Å². The summed E-state index contributed by atoms with van der Waals surface area (Å²) in [5.41, 5.74) is -0.315. The Hall–Kier alpha value is -1.31. The van der Waals surface area contributed by atoms with Gasteiger partial charge in [0, 0.05) is 44.1 Å². The lowest BCUT2D eigenvalue weighted by molar-refractivity contribution is -0.127. The molecule has 0 saturated carbocycles. The van der Waals surface area contributed by atoms with Gasteiger partial charge >= 0.3 is 6.03 Å². The Morgan fingerprint density at radius 2 is 2.22 bits per heavy atom. The number of rotatable bonds is 3. The van der Waals surface area contributed by atoms with Gasteiger partial charge in [0.15, 0.2) is 9.84 Å². The molecule has 130 valence electrons. The summed E-state index contributed by atoms with van der Waals surface area (Å²) in [4.78, 5) is 27.6. The molecule has 3 amide bonds. The molecule has 3 rings (SSSR count). The number of nitrogens with zero attached hydrogens (tertiary/aromatic N) is 2. The molecule has 0 aromatic rings. The molecule has 7 nitrogen and oxygen atoms in total. The Kier molecular flexibility index (Phi) is 4.06. The van der Waals surface area contributed by atoms with E-state index in [9.17, 15) is 18.0 Å². The van der Waals surface area contributed by atoms with Crippen LogP contribution in [-0.4, -0.2) is 73.9 Å². The molecule has 3 heterocycles. The molecule has 0 aromatic heterocycles. The van der Waals surface area contributed by atoms with Crippen LogP contribution in [-0.2, 0) is 14.6 Å². The van der Waals surface area contributed by atoms with Crippen LogP contribution in [0.15, 0.2) is 0 Å². The fraction of sp³-hybridized carbons (Fsp3) is 0.867. The van der Waals surface area contributed by atoms with Crippen LogP contribution in [0.25, 0.3) is 0 Å². The third kappa shape index (κ3) is 3.32. The minimum Gasteiger partial charge on any atom is -0.341 e. The lowest BCUT2D eigenvalue weighted by atomic mass is 9.84. The summed E-state index contributed by atoms with van der Waals surface area (Å²) in [6.45, 7) is 6.14. The molecule has 3 saturated heterocycles. The van der Waals surface area contributed by atoms with Crippen molar-refractivity contribution < 1.29 is 18.0 Å². The van der Waals surface area contributed by atoms with Crippen molar-refractivity contribution in [3.8, 4) is 0 Å². The van der Waals surface area contributed by atoms with Crippen LogP contribution in [0.2, 0.25) is 0 Å². The molecule has 3 atom stereocenters. The van der Waals surface area contributed by atoms with E-state index in [4.69, 9.17) is 0 Å². The molecule has 1 N–H and O–H groups in total. The molecular formula is C15H25N3O4S. The first-order valence-corrected chi connectivity index (χ1v) is 10.0. The summed E-state index contributed by atoms with van der Waals surface area (Å²) in [5, 5.41) is 2.94. The van der Waals surface area contributed by atoms with Gasteiger partial charge in [-0.2, -0.15) is 0 Å². The summed E-state index contributed by atoms with van der Waals surface area (Å²) in [6, 6.07) is -0.265. The number of urea groups is 1. The van der Waals surface area contributed by atoms with Crippen molar-refractivity contribution >= 4 is 21.8 Å². The molecule has 0 aromatic carbocycles. The molecular weight excluding hydrogens is 318 g/mol. The average Bonchev–Trinajstić information content (AvgIpc) is 2.99. The number of sulfone groups is 1. The van der Waals surface area contributed by atoms with Gasteiger partial charge in [0.25, 0.3) is 0 Å². The van der Waals surface area contributed by atoms with Gasteiger partial charge in [0.1, 0.15) is 0 Å². The molecule has 0 bridgehead atoms. The SMILES string of the molecule is CC(CN1CCCC1=O)NC(=O)N1C[C@@H]2CS(=O)(=O)C[C@]2(C)C1. The topological polar surface area (TPSA) is 86.8 Å². The monoisotopic (exact) mass is 343 g/mol. The zero-order valence-electron chi connectivity index (χ0n) is 13.7. The highest BCUT2D eigenvalue weighted by Gasteiger charge is 2.53. The number of carbonyl (C=O) groups excluding carboxylic acids is 2. The summed E-state index contributed by atoms with van der Waals surface area (Å²) in [7, 11) is -2.96. The van der Waals surface area contributed by atoms with Gasteiger partial charge in [-0.3, -0.25) is 4.79 Å². The summed E-state index contributed by atoms with van der Waals surface area (Å²) >= 11 is 0. The van der Waals surface area contributed by atoms with Crippen molar-refractivity contribution in [2.45, 2.75) is 32.7 Å². The predicted octanol–water partition coefficient (Wildman–Crippen LogP) is 0.0734. The first-order valence-electron chi connectivity index (χ1n) is 8.22. The number of likely N-dealkylation sites (tertiary alicyclic amines) is 2. The van der Waals surface area contributed by atoms with Gasteiger partial charge in [0.05, 0.1) is 11.5 Å². The molecule has 1 unspecified atom stereocenters. The molecule has 3 fully saturated rings. The quantitative estimate of drug-likeness (QED) is 0.786. The van der Waals surface area contributed by atoms with E-state index < -0.39 is 9.84 Å². The highest BCUT2D eigenvalue weighted by atomic mass is 32.2. The van der Waals surface area contributed by atoms with Crippen molar-refractivity contribution in [3.63, 3.8) is 0 Å². The van der Waals surface area contributed by atoms with Gasteiger partial charge < -0.3 is 15.1 Å².